The summed E-state index contributed by atoms with van der Waals surface area (Å²) in [7, 11) is 0. The van der Waals surface area contributed by atoms with E-state index in [0.29, 0.717) is 13.0 Å². The Bertz CT molecular complexity index is 306. The molecule has 2 aliphatic heterocycles. The largest absolute Gasteiger partial charge is 0.392 e. The van der Waals surface area contributed by atoms with Crippen LogP contribution in [-0.4, -0.2) is 71.2 Å². The first kappa shape index (κ1) is 13.8. The summed E-state index contributed by atoms with van der Waals surface area (Å²) in [5.74, 6) is 0.153. The predicted molar refractivity (Wildman–Crippen MR) is 70.3 cm³/mol. The zero-order valence-electron chi connectivity index (χ0n) is 11.6. The van der Waals surface area contributed by atoms with E-state index in [9.17, 15) is 9.90 Å². The highest BCUT2D eigenvalue weighted by molar-refractivity contribution is 5.82. The third kappa shape index (κ3) is 3.02. The summed E-state index contributed by atoms with van der Waals surface area (Å²) in [6, 6.07) is -0.179. The normalized spacial score (nSPS) is 30.8. The Morgan fingerprint density at radius 1 is 1.22 bits per heavy atom. The first-order valence-electron chi connectivity index (χ1n) is 6.83. The van der Waals surface area contributed by atoms with Crippen LogP contribution in [0, 0.1) is 0 Å². The van der Waals surface area contributed by atoms with Crippen molar-refractivity contribution in [1.82, 2.24) is 15.1 Å². The third-order valence-electron chi connectivity index (χ3n) is 3.95. The molecule has 0 aromatic carbocycles. The topological polar surface area (TPSA) is 55.8 Å². The fourth-order valence-electron chi connectivity index (χ4n) is 2.72. The van der Waals surface area contributed by atoms with Gasteiger partial charge in [-0.05, 0) is 27.2 Å². The van der Waals surface area contributed by atoms with Gasteiger partial charge in [-0.3, -0.25) is 9.69 Å². The molecule has 0 unspecified atom stereocenters. The number of aliphatic hydroxyl groups excluding tert-OH is 1. The number of amides is 1. The SMILES string of the molecule is CC(C)(C)N1CCN(C(=O)[C@H]2C[C@@H](O)CN2)CC1. The summed E-state index contributed by atoms with van der Waals surface area (Å²) in [4.78, 5) is 16.6. The lowest BCUT2D eigenvalue weighted by atomic mass is 10.0. The molecule has 1 amide bonds. The van der Waals surface area contributed by atoms with Gasteiger partial charge in [0.15, 0.2) is 0 Å². The number of β-amino-alcohol motifs (C(OH)–C–C–N with tert-alkyl or cyclic N) is 1. The Morgan fingerprint density at radius 3 is 2.28 bits per heavy atom. The first-order valence-corrected chi connectivity index (χ1v) is 6.83. The van der Waals surface area contributed by atoms with Crippen LogP contribution >= 0.6 is 0 Å². The Balaban J connectivity index is 1.84. The van der Waals surface area contributed by atoms with Gasteiger partial charge in [-0.1, -0.05) is 0 Å². The summed E-state index contributed by atoms with van der Waals surface area (Å²) in [6.07, 6.45) is 0.188. The van der Waals surface area contributed by atoms with Gasteiger partial charge in [0.1, 0.15) is 0 Å². The molecule has 2 fully saturated rings. The average molecular weight is 255 g/mol. The van der Waals surface area contributed by atoms with E-state index in [0.717, 1.165) is 26.2 Å². The summed E-state index contributed by atoms with van der Waals surface area (Å²) in [5, 5.41) is 12.5. The quantitative estimate of drug-likeness (QED) is 0.672. The van der Waals surface area contributed by atoms with E-state index in [4.69, 9.17) is 0 Å². The van der Waals surface area contributed by atoms with E-state index in [1.807, 2.05) is 4.90 Å². The molecule has 0 bridgehead atoms. The number of rotatable bonds is 1. The van der Waals surface area contributed by atoms with Crippen molar-refractivity contribution in [2.24, 2.45) is 0 Å². The highest BCUT2D eigenvalue weighted by Gasteiger charge is 2.34. The number of hydrogen-bond acceptors (Lipinski definition) is 4. The Hall–Kier alpha value is -0.650. The van der Waals surface area contributed by atoms with E-state index >= 15 is 0 Å². The molecule has 0 aromatic rings. The maximum Gasteiger partial charge on any atom is 0.239 e. The Kier molecular flexibility index (Phi) is 3.94. The maximum absolute atomic E-state index is 12.2. The third-order valence-corrected chi connectivity index (χ3v) is 3.95. The molecule has 0 aromatic heterocycles. The number of aliphatic hydroxyl groups is 1. The summed E-state index contributed by atoms with van der Waals surface area (Å²) in [6.45, 7) is 10.6. The minimum absolute atomic E-state index is 0.153. The van der Waals surface area contributed by atoms with Gasteiger partial charge in [-0.25, -0.2) is 0 Å². The molecular formula is C13H25N3O2. The molecule has 2 rings (SSSR count). The van der Waals surface area contributed by atoms with Gasteiger partial charge in [0.25, 0.3) is 0 Å². The number of nitrogens with zero attached hydrogens (tertiary/aromatic N) is 2. The van der Waals surface area contributed by atoms with Gasteiger partial charge < -0.3 is 15.3 Å². The van der Waals surface area contributed by atoms with Crippen LogP contribution in [-0.2, 0) is 4.79 Å². The molecular weight excluding hydrogens is 230 g/mol. The average Bonchev–Trinajstić information content (AvgIpc) is 2.74. The van der Waals surface area contributed by atoms with Gasteiger partial charge in [-0.2, -0.15) is 0 Å². The van der Waals surface area contributed by atoms with E-state index < -0.39 is 0 Å². The molecule has 0 radical (unpaired) electrons. The van der Waals surface area contributed by atoms with Gasteiger partial charge in [0, 0.05) is 38.3 Å². The molecule has 2 atom stereocenters. The van der Waals surface area contributed by atoms with Crippen LogP contribution in [0.5, 0.6) is 0 Å². The number of hydrogen-bond donors (Lipinski definition) is 2. The molecule has 2 heterocycles. The van der Waals surface area contributed by atoms with E-state index in [1.54, 1.807) is 0 Å². The predicted octanol–water partition coefficient (Wildman–Crippen LogP) is -0.348. The molecule has 2 aliphatic rings. The maximum atomic E-state index is 12.2. The highest BCUT2D eigenvalue weighted by atomic mass is 16.3. The zero-order chi connectivity index (χ0) is 13.3. The standard InChI is InChI=1S/C13H25N3O2/c1-13(2,3)16-6-4-15(5-7-16)12(18)11-8-10(17)9-14-11/h10-11,14,17H,4-9H2,1-3H3/t10-,11-/m1/s1. The Labute approximate surface area is 109 Å². The van der Waals surface area contributed by atoms with Crippen molar-refractivity contribution in [3.05, 3.63) is 0 Å². The second kappa shape index (κ2) is 5.15. The molecule has 0 spiro atoms. The molecule has 0 aliphatic carbocycles. The van der Waals surface area contributed by atoms with Crippen LogP contribution in [0.25, 0.3) is 0 Å². The second-order valence-electron chi connectivity index (χ2n) is 6.33. The van der Waals surface area contributed by atoms with Gasteiger partial charge in [0.2, 0.25) is 5.91 Å². The van der Waals surface area contributed by atoms with Crippen LogP contribution in [0.2, 0.25) is 0 Å². The lowest BCUT2D eigenvalue weighted by Gasteiger charge is -2.42. The fraction of sp³-hybridized carbons (Fsp3) is 0.923. The van der Waals surface area contributed by atoms with Crippen LogP contribution in [0.3, 0.4) is 0 Å². The number of nitrogens with one attached hydrogen (secondary N) is 1. The highest BCUT2D eigenvalue weighted by Crippen LogP contribution is 2.17. The van der Waals surface area contributed by atoms with Gasteiger partial charge in [0.05, 0.1) is 12.1 Å². The number of carbonyl (C=O) groups is 1. The van der Waals surface area contributed by atoms with E-state index in [2.05, 4.69) is 31.0 Å². The first-order chi connectivity index (χ1) is 8.38. The molecule has 5 nitrogen and oxygen atoms in total. The van der Waals surface area contributed by atoms with Crippen LogP contribution in [0.1, 0.15) is 27.2 Å². The van der Waals surface area contributed by atoms with Crippen molar-refractivity contribution >= 4 is 5.91 Å². The van der Waals surface area contributed by atoms with Crippen molar-refractivity contribution in [2.75, 3.05) is 32.7 Å². The van der Waals surface area contributed by atoms with Crippen molar-refractivity contribution < 1.29 is 9.90 Å². The second-order valence-corrected chi connectivity index (χ2v) is 6.33. The van der Waals surface area contributed by atoms with Crippen LogP contribution in [0.4, 0.5) is 0 Å². The van der Waals surface area contributed by atoms with Crippen molar-refractivity contribution in [3.63, 3.8) is 0 Å². The number of carbonyl (C=O) groups excluding carboxylic acids is 1. The zero-order valence-corrected chi connectivity index (χ0v) is 11.6. The smallest absolute Gasteiger partial charge is 0.239 e. The molecule has 2 N–H and O–H groups in total. The van der Waals surface area contributed by atoms with Crippen molar-refractivity contribution in [1.29, 1.82) is 0 Å². The van der Waals surface area contributed by atoms with Crippen molar-refractivity contribution in [2.45, 2.75) is 44.9 Å². The van der Waals surface area contributed by atoms with E-state index in [-0.39, 0.29) is 23.6 Å². The monoisotopic (exact) mass is 255 g/mol. The lowest BCUT2D eigenvalue weighted by Crippen LogP contribution is -2.57. The molecule has 104 valence electrons. The fourth-order valence-corrected chi connectivity index (χ4v) is 2.72. The van der Waals surface area contributed by atoms with Crippen LogP contribution < -0.4 is 5.32 Å². The molecule has 18 heavy (non-hydrogen) atoms. The van der Waals surface area contributed by atoms with Crippen LogP contribution in [0.15, 0.2) is 0 Å². The molecule has 0 saturated carbocycles. The summed E-state index contributed by atoms with van der Waals surface area (Å²) >= 11 is 0. The molecule has 5 heteroatoms. The minimum atomic E-state index is -0.366. The minimum Gasteiger partial charge on any atom is -0.392 e. The lowest BCUT2D eigenvalue weighted by molar-refractivity contribution is -0.135. The Morgan fingerprint density at radius 2 is 1.83 bits per heavy atom. The summed E-state index contributed by atoms with van der Waals surface area (Å²) < 4.78 is 0. The van der Waals surface area contributed by atoms with Gasteiger partial charge >= 0.3 is 0 Å². The van der Waals surface area contributed by atoms with E-state index in [1.165, 1.54) is 0 Å². The molecule has 2 saturated heterocycles. The van der Waals surface area contributed by atoms with Gasteiger partial charge in [-0.15, -0.1) is 0 Å². The number of piperazine rings is 1. The van der Waals surface area contributed by atoms with Crippen molar-refractivity contribution in [3.8, 4) is 0 Å². The summed E-state index contributed by atoms with van der Waals surface area (Å²) in [5.41, 5.74) is 0.178.